The third-order valence-electron chi connectivity index (χ3n) is 2.82. The van der Waals surface area contributed by atoms with Gasteiger partial charge in [0.2, 0.25) is 0 Å². The number of amides is 1. The van der Waals surface area contributed by atoms with Gasteiger partial charge in [-0.25, -0.2) is 4.39 Å². The Kier molecular flexibility index (Phi) is 3.46. The minimum Gasteiger partial charge on any atom is -0.398 e. The van der Waals surface area contributed by atoms with Crippen LogP contribution < -0.4 is 10.6 Å². The molecule has 19 heavy (non-hydrogen) atoms. The van der Waals surface area contributed by atoms with Crippen LogP contribution in [-0.4, -0.2) is 17.9 Å². The Hall–Kier alpha value is -2.43. The number of carbonyl (C=O) groups excluding carboxylic acids is 1. The summed E-state index contributed by atoms with van der Waals surface area (Å²) < 4.78 is 13.6. The molecule has 1 amide bonds. The van der Waals surface area contributed by atoms with Gasteiger partial charge in [0, 0.05) is 24.6 Å². The van der Waals surface area contributed by atoms with Crippen molar-refractivity contribution in [2.45, 2.75) is 6.92 Å². The van der Waals surface area contributed by atoms with Crippen LogP contribution in [-0.2, 0) is 0 Å². The molecule has 0 aliphatic carbocycles. The lowest BCUT2D eigenvalue weighted by molar-refractivity contribution is 0.0992. The third-order valence-corrected chi connectivity index (χ3v) is 2.82. The number of nitrogens with two attached hydrogens (primary N) is 1. The van der Waals surface area contributed by atoms with Gasteiger partial charge >= 0.3 is 0 Å². The third kappa shape index (κ3) is 2.54. The molecule has 4 nitrogen and oxygen atoms in total. The van der Waals surface area contributed by atoms with E-state index in [2.05, 4.69) is 4.98 Å². The standard InChI is InChI=1S/C14H14FN3O/c1-9-7-12(16)10(8-17-9)14(19)18(2)13-6-4-3-5-11(13)15/h3-8H,1-2H3,(H2,16,17). The molecule has 0 saturated heterocycles. The van der Waals surface area contributed by atoms with Crippen molar-refractivity contribution in [1.29, 1.82) is 0 Å². The molecule has 5 heteroatoms. The van der Waals surface area contributed by atoms with Crippen LogP contribution in [0.3, 0.4) is 0 Å². The van der Waals surface area contributed by atoms with Gasteiger partial charge in [0.25, 0.3) is 5.91 Å². The number of hydrogen-bond acceptors (Lipinski definition) is 3. The molecule has 0 bridgehead atoms. The number of halogens is 1. The van der Waals surface area contributed by atoms with Crippen LogP contribution in [0.1, 0.15) is 16.1 Å². The highest BCUT2D eigenvalue weighted by Crippen LogP contribution is 2.21. The topological polar surface area (TPSA) is 59.2 Å². The smallest absolute Gasteiger partial charge is 0.261 e. The minimum atomic E-state index is -0.461. The van der Waals surface area contributed by atoms with Crippen molar-refractivity contribution in [1.82, 2.24) is 4.98 Å². The Morgan fingerprint density at radius 1 is 1.37 bits per heavy atom. The maximum absolute atomic E-state index is 13.6. The average molecular weight is 259 g/mol. The van der Waals surface area contributed by atoms with E-state index >= 15 is 0 Å². The van der Waals surface area contributed by atoms with E-state index in [-0.39, 0.29) is 11.3 Å². The Balaban J connectivity index is 2.37. The number of pyridine rings is 1. The van der Waals surface area contributed by atoms with Gasteiger partial charge in [0.05, 0.1) is 11.3 Å². The van der Waals surface area contributed by atoms with Crippen LogP contribution in [0.15, 0.2) is 36.5 Å². The van der Waals surface area contributed by atoms with E-state index < -0.39 is 11.7 Å². The van der Waals surface area contributed by atoms with Gasteiger partial charge < -0.3 is 10.6 Å². The molecule has 0 atom stereocenters. The maximum Gasteiger partial charge on any atom is 0.261 e. The number of nitrogen functional groups attached to an aromatic ring is 1. The van der Waals surface area contributed by atoms with Crippen LogP contribution in [0.25, 0.3) is 0 Å². The predicted molar refractivity (Wildman–Crippen MR) is 72.5 cm³/mol. The number of hydrogen-bond donors (Lipinski definition) is 1. The molecule has 0 aliphatic heterocycles. The first-order chi connectivity index (χ1) is 9.00. The summed E-state index contributed by atoms with van der Waals surface area (Å²) in [5.74, 6) is -0.855. The monoisotopic (exact) mass is 259 g/mol. The molecule has 2 rings (SSSR count). The molecular weight excluding hydrogens is 245 g/mol. The van der Waals surface area contributed by atoms with Gasteiger partial charge in [0.15, 0.2) is 0 Å². The van der Waals surface area contributed by atoms with Gasteiger partial charge in [-0.2, -0.15) is 0 Å². The Morgan fingerprint density at radius 2 is 2.05 bits per heavy atom. The molecule has 98 valence electrons. The molecular formula is C14H14FN3O. The van der Waals surface area contributed by atoms with Crippen molar-refractivity contribution < 1.29 is 9.18 Å². The summed E-state index contributed by atoms with van der Waals surface area (Å²) in [4.78, 5) is 17.5. The molecule has 2 aromatic rings. The zero-order chi connectivity index (χ0) is 14.0. The molecule has 0 radical (unpaired) electrons. The van der Waals surface area contributed by atoms with Crippen molar-refractivity contribution in [3.8, 4) is 0 Å². The Bertz CT molecular complexity index is 628. The van der Waals surface area contributed by atoms with Crippen molar-refractivity contribution in [2.24, 2.45) is 0 Å². The molecule has 0 unspecified atom stereocenters. The highest BCUT2D eigenvalue weighted by Gasteiger charge is 2.18. The van der Waals surface area contributed by atoms with Crippen LogP contribution >= 0.6 is 0 Å². The first kappa shape index (κ1) is 13.0. The summed E-state index contributed by atoms with van der Waals surface area (Å²) in [6.07, 6.45) is 1.41. The molecule has 0 spiro atoms. The zero-order valence-corrected chi connectivity index (χ0v) is 10.7. The van der Waals surface area contributed by atoms with Crippen LogP contribution in [0, 0.1) is 12.7 Å². The lowest BCUT2D eigenvalue weighted by Crippen LogP contribution is -2.28. The second kappa shape index (κ2) is 5.06. The van der Waals surface area contributed by atoms with E-state index in [0.717, 1.165) is 5.69 Å². The van der Waals surface area contributed by atoms with E-state index in [4.69, 9.17) is 5.73 Å². The lowest BCUT2D eigenvalue weighted by Gasteiger charge is -2.18. The summed E-state index contributed by atoms with van der Waals surface area (Å²) in [6.45, 7) is 1.78. The fourth-order valence-electron chi connectivity index (χ4n) is 1.77. The van der Waals surface area contributed by atoms with E-state index in [1.165, 1.54) is 30.3 Å². The lowest BCUT2D eigenvalue weighted by atomic mass is 10.2. The quantitative estimate of drug-likeness (QED) is 0.900. The molecule has 1 aromatic carbocycles. The Labute approximate surface area is 110 Å². The molecule has 1 heterocycles. The van der Waals surface area contributed by atoms with Gasteiger partial charge in [-0.1, -0.05) is 12.1 Å². The summed E-state index contributed by atoms with van der Waals surface area (Å²) in [5.41, 5.74) is 7.32. The van der Waals surface area contributed by atoms with E-state index in [0.29, 0.717) is 5.69 Å². The van der Waals surface area contributed by atoms with Crippen LogP contribution in [0.4, 0.5) is 15.8 Å². The number of aromatic nitrogens is 1. The number of carbonyl (C=O) groups is 1. The summed E-state index contributed by atoms with van der Waals surface area (Å²) in [6, 6.07) is 7.68. The number of aryl methyl sites for hydroxylation is 1. The Morgan fingerprint density at radius 3 is 2.68 bits per heavy atom. The highest BCUT2D eigenvalue weighted by molar-refractivity contribution is 6.08. The highest BCUT2D eigenvalue weighted by atomic mass is 19.1. The van der Waals surface area contributed by atoms with Gasteiger partial charge in [-0.05, 0) is 25.1 Å². The van der Waals surface area contributed by atoms with E-state index in [9.17, 15) is 9.18 Å². The molecule has 1 aromatic heterocycles. The number of nitrogens with zero attached hydrogens (tertiary/aromatic N) is 2. The minimum absolute atomic E-state index is 0.201. The maximum atomic E-state index is 13.6. The molecule has 0 saturated carbocycles. The number of benzene rings is 1. The van der Waals surface area contributed by atoms with Crippen LogP contribution in [0.2, 0.25) is 0 Å². The molecule has 2 N–H and O–H groups in total. The SMILES string of the molecule is Cc1cc(N)c(C(=O)N(C)c2ccccc2F)cn1. The fourth-order valence-corrected chi connectivity index (χ4v) is 1.77. The fraction of sp³-hybridized carbons (Fsp3) is 0.143. The molecule has 0 aliphatic rings. The molecule has 0 fully saturated rings. The second-order valence-electron chi connectivity index (χ2n) is 4.23. The second-order valence-corrected chi connectivity index (χ2v) is 4.23. The van der Waals surface area contributed by atoms with Crippen molar-refractivity contribution >= 4 is 17.3 Å². The van der Waals surface area contributed by atoms with E-state index in [1.807, 2.05) is 0 Å². The van der Waals surface area contributed by atoms with Crippen molar-refractivity contribution in [2.75, 3.05) is 17.7 Å². The van der Waals surface area contributed by atoms with Crippen molar-refractivity contribution in [3.63, 3.8) is 0 Å². The summed E-state index contributed by atoms with van der Waals surface area (Å²) in [5, 5.41) is 0. The van der Waals surface area contributed by atoms with Gasteiger partial charge in [-0.15, -0.1) is 0 Å². The average Bonchev–Trinajstić information content (AvgIpc) is 2.38. The largest absolute Gasteiger partial charge is 0.398 e. The van der Waals surface area contributed by atoms with Gasteiger partial charge in [0.1, 0.15) is 5.82 Å². The van der Waals surface area contributed by atoms with Crippen molar-refractivity contribution in [3.05, 3.63) is 53.6 Å². The normalized spacial score (nSPS) is 10.3. The first-order valence-electron chi connectivity index (χ1n) is 5.75. The summed E-state index contributed by atoms with van der Waals surface area (Å²) >= 11 is 0. The van der Waals surface area contributed by atoms with Gasteiger partial charge in [-0.3, -0.25) is 9.78 Å². The van der Waals surface area contributed by atoms with Crippen LogP contribution in [0.5, 0.6) is 0 Å². The number of para-hydroxylation sites is 1. The zero-order valence-electron chi connectivity index (χ0n) is 10.7. The number of anilines is 2. The van der Waals surface area contributed by atoms with E-state index in [1.54, 1.807) is 25.1 Å². The first-order valence-corrected chi connectivity index (χ1v) is 5.75. The summed E-state index contributed by atoms with van der Waals surface area (Å²) in [7, 11) is 1.50. The predicted octanol–water partition coefficient (Wildman–Crippen LogP) is 2.39. The number of rotatable bonds is 2.